The number of amides is 1. The first-order chi connectivity index (χ1) is 10.1. The molecule has 1 aliphatic rings. The maximum absolute atomic E-state index is 12.4. The van der Waals surface area contributed by atoms with Gasteiger partial charge in [-0.2, -0.15) is 8.78 Å². The van der Waals surface area contributed by atoms with Crippen LogP contribution in [0.5, 0.6) is 0 Å². The van der Waals surface area contributed by atoms with Crippen LogP contribution in [0.25, 0.3) is 0 Å². The van der Waals surface area contributed by atoms with Crippen LogP contribution in [0.3, 0.4) is 0 Å². The van der Waals surface area contributed by atoms with E-state index in [1.807, 2.05) is 0 Å². The second-order valence-corrected chi connectivity index (χ2v) is 6.06. The SMILES string of the molecule is COCC1(C(=O)Nc2ccc(SC(F)F)cc2)CCNC1. The Labute approximate surface area is 126 Å². The molecule has 2 rings (SSSR count). The van der Waals surface area contributed by atoms with E-state index in [1.165, 1.54) is 0 Å². The molecule has 0 bridgehead atoms. The van der Waals surface area contributed by atoms with Crippen LogP contribution in [0, 0.1) is 5.41 Å². The average Bonchev–Trinajstić information content (AvgIpc) is 2.91. The topological polar surface area (TPSA) is 50.4 Å². The van der Waals surface area contributed by atoms with Crippen molar-refractivity contribution in [1.29, 1.82) is 0 Å². The van der Waals surface area contributed by atoms with Gasteiger partial charge < -0.3 is 15.4 Å². The highest BCUT2D eigenvalue weighted by molar-refractivity contribution is 7.99. The zero-order chi connectivity index (χ0) is 15.3. The van der Waals surface area contributed by atoms with Crippen molar-refractivity contribution in [2.24, 2.45) is 5.41 Å². The lowest BCUT2D eigenvalue weighted by molar-refractivity contribution is -0.127. The number of halogens is 2. The van der Waals surface area contributed by atoms with Crippen LogP contribution in [-0.2, 0) is 9.53 Å². The van der Waals surface area contributed by atoms with Gasteiger partial charge in [0.15, 0.2) is 0 Å². The molecule has 0 radical (unpaired) electrons. The molecule has 116 valence electrons. The Morgan fingerprint density at radius 2 is 2.19 bits per heavy atom. The van der Waals surface area contributed by atoms with Crippen LogP contribution in [0.15, 0.2) is 29.2 Å². The molecule has 1 aromatic rings. The second kappa shape index (κ2) is 7.20. The number of rotatable bonds is 6. The number of benzene rings is 1. The lowest BCUT2D eigenvalue weighted by Gasteiger charge is -2.25. The molecule has 2 N–H and O–H groups in total. The molecule has 0 saturated carbocycles. The van der Waals surface area contributed by atoms with Gasteiger partial charge in [0.2, 0.25) is 5.91 Å². The van der Waals surface area contributed by atoms with Gasteiger partial charge in [-0.25, -0.2) is 0 Å². The number of alkyl halides is 2. The monoisotopic (exact) mass is 316 g/mol. The standard InChI is InChI=1S/C14H18F2N2O2S/c1-20-9-14(6-7-17-8-14)12(19)18-10-2-4-11(5-3-10)21-13(15)16/h2-5,13,17H,6-9H2,1H3,(H,18,19). The molecule has 4 nitrogen and oxygen atoms in total. The van der Waals surface area contributed by atoms with Gasteiger partial charge in [0.25, 0.3) is 5.76 Å². The molecule has 1 aliphatic heterocycles. The fraction of sp³-hybridized carbons (Fsp3) is 0.500. The average molecular weight is 316 g/mol. The van der Waals surface area contributed by atoms with E-state index in [-0.39, 0.29) is 5.91 Å². The van der Waals surface area contributed by atoms with Crippen LogP contribution < -0.4 is 10.6 Å². The number of nitrogens with one attached hydrogen (secondary N) is 2. The fourth-order valence-corrected chi connectivity index (χ4v) is 2.88. The Kier molecular flexibility index (Phi) is 5.55. The summed E-state index contributed by atoms with van der Waals surface area (Å²) in [6.07, 6.45) is 0.714. The third kappa shape index (κ3) is 4.15. The zero-order valence-electron chi connectivity index (χ0n) is 11.7. The molecule has 1 fully saturated rings. The molecule has 0 aliphatic carbocycles. The summed E-state index contributed by atoms with van der Waals surface area (Å²) in [6.45, 7) is 1.71. The van der Waals surface area contributed by atoms with E-state index in [1.54, 1.807) is 31.4 Å². The first kappa shape index (κ1) is 16.2. The van der Waals surface area contributed by atoms with Gasteiger partial charge in [-0.05, 0) is 37.2 Å². The molecule has 7 heteroatoms. The number of carbonyl (C=O) groups excluding carboxylic acids is 1. The van der Waals surface area contributed by atoms with Crippen molar-refractivity contribution < 1.29 is 18.3 Å². The van der Waals surface area contributed by atoms with Gasteiger partial charge in [-0.1, -0.05) is 11.8 Å². The highest BCUT2D eigenvalue weighted by Gasteiger charge is 2.41. The minimum atomic E-state index is -2.44. The van der Waals surface area contributed by atoms with E-state index in [2.05, 4.69) is 10.6 Å². The molecule has 1 aromatic carbocycles. The fourth-order valence-electron chi connectivity index (χ4n) is 2.39. The Bertz CT molecular complexity index is 476. The Balaban J connectivity index is 2.01. The highest BCUT2D eigenvalue weighted by Crippen LogP contribution is 2.29. The number of hydrogen-bond donors (Lipinski definition) is 2. The number of thioether (sulfide) groups is 1. The van der Waals surface area contributed by atoms with Crippen LogP contribution in [0.4, 0.5) is 14.5 Å². The smallest absolute Gasteiger partial charge is 0.288 e. The molecule has 0 aromatic heterocycles. The van der Waals surface area contributed by atoms with E-state index in [4.69, 9.17) is 4.74 Å². The predicted molar refractivity (Wildman–Crippen MR) is 78.7 cm³/mol. The molecule has 1 heterocycles. The van der Waals surface area contributed by atoms with E-state index < -0.39 is 11.2 Å². The summed E-state index contributed by atoms with van der Waals surface area (Å²) >= 11 is 0.483. The zero-order valence-corrected chi connectivity index (χ0v) is 12.5. The summed E-state index contributed by atoms with van der Waals surface area (Å²) in [5.74, 6) is -2.55. The van der Waals surface area contributed by atoms with Crippen molar-refractivity contribution in [3.05, 3.63) is 24.3 Å². The Morgan fingerprint density at radius 3 is 2.71 bits per heavy atom. The quantitative estimate of drug-likeness (QED) is 0.792. The van der Waals surface area contributed by atoms with Crippen molar-refractivity contribution in [2.45, 2.75) is 17.1 Å². The van der Waals surface area contributed by atoms with Gasteiger partial charge in [0.1, 0.15) is 0 Å². The van der Waals surface area contributed by atoms with Crippen LogP contribution in [0.1, 0.15) is 6.42 Å². The first-order valence-corrected chi connectivity index (χ1v) is 7.50. The summed E-state index contributed by atoms with van der Waals surface area (Å²) in [6, 6.07) is 6.40. The third-order valence-electron chi connectivity index (χ3n) is 3.48. The number of hydrogen-bond acceptors (Lipinski definition) is 4. The number of ether oxygens (including phenoxy) is 1. The second-order valence-electron chi connectivity index (χ2n) is 5.00. The summed E-state index contributed by atoms with van der Waals surface area (Å²) < 4.78 is 29.6. The van der Waals surface area contributed by atoms with Crippen molar-refractivity contribution in [3.63, 3.8) is 0 Å². The summed E-state index contributed by atoms with van der Waals surface area (Å²) in [4.78, 5) is 12.9. The number of carbonyl (C=O) groups is 1. The van der Waals surface area contributed by atoms with Crippen molar-refractivity contribution in [2.75, 3.05) is 32.1 Å². The molecule has 21 heavy (non-hydrogen) atoms. The third-order valence-corrected chi connectivity index (χ3v) is 4.21. The molecule has 1 saturated heterocycles. The van der Waals surface area contributed by atoms with Gasteiger partial charge in [0, 0.05) is 24.2 Å². The normalized spacial score (nSPS) is 21.7. The number of anilines is 1. The largest absolute Gasteiger partial charge is 0.384 e. The predicted octanol–water partition coefficient (Wildman–Crippen LogP) is 2.57. The number of methoxy groups -OCH3 is 1. The summed E-state index contributed by atoms with van der Waals surface area (Å²) in [5.41, 5.74) is 0.0338. The van der Waals surface area contributed by atoms with Gasteiger partial charge >= 0.3 is 0 Å². The van der Waals surface area contributed by atoms with Crippen molar-refractivity contribution in [3.8, 4) is 0 Å². The van der Waals surface area contributed by atoms with Gasteiger partial charge in [0.05, 0.1) is 12.0 Å². The maximum Gasteiger partial charge on any atom is 0.288 e. The minimum absolute atomic E-state index is 0.108. The lowest BCUT2D eigenvalue weighted by Crippen LogP contribution is -2.41. The van der Waals surface area contributed by atoms with Crippen molar-refractivity contribution >= 4 is 23.4 Å². The van der Waals surface area contributed by atoms with Gasteiger partial charge in [-0.15, -0.1) is 0 Å². The Morgan fingerprint density at radius 1 is 1.48 bits per heavy atom. The molecule has 1 atom stereocenters. The van der Waals surface area contributed by atoms with E-state index in [0.717, 1.165) is 6.54 Å². The molecule has 1 amide bonds. The van der Waals surface area contributed by atoms with Crippen LogP contribution in [0.2, 0.25) is 0 Å². The summed E-state index contributed by atoms with van der Waals surface area (Å²) in [7, 11) is 1.57. The molecule has 1 unspecified atom stereocenters. The van der Waals surface area contributed by atoms with E-state index >= 15 is 0 Å². The molecular formula is C14H18F2N2O2S. The minimum Gasteiger partial charge on any atom is -0.384 e. The van der Waals surface area contributed by atoms with Crippen molar-refractivity contribution in [1.82, 2.24) is 5.32 Å². The highest BCUT2D eigenvalue weighted by atomic mass is 32.2. The lowest BCUT2D eigenvalue weighted by atomic mass is 9.87. The van der Waals surface area contributed by atoms with Crippen LogP contribution >= 0.6 is 11.8 Å². The van der Waals surface area contributed by atoms with Gasteiger partial charge in [-0.3, -0.25) is 4.79 Å². The maximum atomic E-state index is 12.4. The van der Waals surface area contributed by atoms with E-state index in [0.29, 0.717) is 41.9 Å². The molecular weight excluding hydrogens is 298 g/mol. The van der Waals surface area contributed by atoms with Crippen LogP contribution in [-0.4, -0.2) is 38.5 Å². The molecule has 0 spiro atoms. The summed E-state index contributed by atoms with van der Waals surface area (Å²) in [5, 5.41) is 6.00. The van der Waals surface area contributed by atoms with E-state index in [9.17, 15) is 13.6 Å². The first-order valence-electron chi connectivity index (χ1n) is 6.62. The Hall–Kier alpha value is -1.18.